The summed E-state index contributed by atoms with van der Waals surface area (Å²) in [6.07, 6.45) is 8.69. The summed E-state index contributed by atoms with van der Waals surface area (Å²) in [5.74, 6) is 1.70. The second-order valence-corrected chi connectivity index (χ2v) is 9.83. The molecule has 1 heterocycles. The highest BCUT2D eigenvalue weighted by molar-refractivity contribution is 6.40. The van der Waals surface area contributed by atoms with Crippen molar-refractivity contribution in [3.63, 3.8) is 0 Å². The van der Waals surface area contributed by atoms with Crippen LogP contribution < -0.4 is 10.2 Å². The van der Waals surface area contributed by atoms with Crippen LogP contribution in [-0.2, 0) is 16.0 Å². The lowest BCUT2D eigenvalue weighted by Gasteiger charge is -2.59. The van der Waals surface area contributed by atoms with E-state index in [9.17, 15) is 9.59 Å². The molecule has 6 rings (SSSR count). The number of benzene rings is 1. The van der Waals surface area contributed by atoms with E-state index < -0.39 is 11.8 Å². The van der Waals surface area contributed by atoms with Gasteiger partial charge in [-0.25, -0.2) is 0 Å². The second-order valence-electron chi connectivity index (χ2n) is 9.83. The normalized spacial score (nSPS) is 37.2. The van der Waals surface area contributed by atoms with Crippen LogP contribution in [0, 0.1) is 23.2 Å². The van der Waals surface area contributed by atoms with Crippen molar-refractivity contribution < 1.29 is 9.59 Å². The molecule has 4 aliphatic carbocycles. The molecule has 4 saturated carbocycles. The van der Waals surface area contributed by atoms with Crippen LogP contribution in [0.15, 0.2) is 24.3 Å². The zero-order valence-corrected chi connectivity index (χ0v) is 16.4. The van der Waals surface area contributed by atoms with Gasteiger partial charge in [0.25, 0.3) is 0 Å². The third-order valence-electron chi connectivity index (χ3n) is 7.97. The summed E-state index contributed by atoms with van der Waals surface area (Å²) in [4.78, 5) is 27.6. The van der Waals surface area contributed by atoms with Crippen molar-refractivity contribution in [2.24, 2.45) is 23.2 Å². The Morgan fingerprint density at radius 1 is 1.07 bits per heavy atom. The molecule has 2 amide bonds. The highest BCUT2D eigenvalue weighted by Gasteiger charge is 2.53. The first-order valence-corrected chi connectivity index (χ1v) is 10.7. The maximum absolute atomic E-state index is 13.0. The summed E-state index contributed by atoms with van der Waals surface area (Å²) in [6, 6.07) is 8.05. The molecule has 4 fully saturated rings. The summed E-state index contributed by atoms with van der Waals surface area (Å²) in [7, 11) is 0. The number of fused-ring (bicyclic) bond motifs is 1. The van der Waals surface area contributed by atoms with Gasteiger partial charge < -0.3 is 10.2 Å². The molecule has 144 valence electrons. The number of nitrogens with one attached hydrogen (secondary N) is 1. The van der Waals surface area contributed by atoms with Gasteiger partial charge in [0, 0.05) is 17.8 Å². The summed E-state index contributed by atoms with van der Waals surface area (Å²) >= 11 is 0. The van der Waals surface area contributed by atoms with Crippen molar-refractivity contribution in [1.82, 2.24) is 5.32 Å². The maximum Gasteiger partial charge on any atom is 0.316 e. The second kappa shape index (κ2) is 6.08. The van der Waals surface area contributed by atoms with Gasteiger partial charge in [0.15, 0.2) is 0 Å². The van der Waals surface area contributed by atoms with Crippen LogP contribution in [0.1, 0.15) is 57.9 Å². The summed E-state index contributed by atoms with van der Waals surface area (Å²) < 4.78 is 0. The van der Waals surface area contributed by atoms with E-state index in [2.05, 4.69) is 18.3 Å². The van der Waals surface area contributed by atoms with Crippen molar-refractivity contribution in [1.29, 1.82) is 0 Å². The van der Waals surface area contributed by atoms with E-state index in [1.54, 1.807) is 4.90 Å². The first-order valence-electron chi connectivity index (χ1n) is 10.7. The molecule has 2 unspecified atom stereocenters. The Balaban J connectivity index is 1.31. The molecule has 0 spiro atoms. The summed E-state index contributed by atoms with van der Waals surface area (Å²) in [5.41, 5.74) is 2.27. The molecule has 4 heteroatoms. The Bertz CT molecular complexity index is 751. The molecule has 1 aliphatic heterocycles. The number of anilines is 1. The van der Waals surface area contributed by atoms with Gasteiger partial charge in [-0.3, -0.25) is 9.59 Å². The summed E-state index contributed by atoms with van der Waals surface area (Å²) in [5, 5.41) is 3.13. The molecule has 0 aromatic heterocycles. The molecular weight excluding hydrogens is 336 g/mol. The van der Waals surface area contributed by atoms with E-state index in [4.69, 9.17) is 0 Å². The van der Waals surface area contributed by atoms with Crippen LogP contribution in [0.25, 0.3) is 0 Å². The number of carbonyl (C=O) groups is 2. The first kappa shape index (κ1) is 17.3. The molecule has 1 aromatic rings. The average Bonchev–Trinajstić information content (AvgIpc) is 2.95. The van der Waals surface area contributed by atoms with Gasteiger partial charge in [-0.2, -0.15) is 0 Å². The number of hydrogen-bond acceptors (Lipinski definition) is 2. The first-order chi connectivity index (χ1) is 12.9. The van der Waals surface area contributed by atoms with Crippen molar-refractivity contribution in [2.45, 2.75) is 70.9 Å². The van der Waals surface area contributed by atoms with Gasteiger partial charge in [0.05, 0.1) is 0 Å². The fraction of sp³-hybridized carbons (Fsp3) is 0.652. The number of para-hydroxylation sites is 1. The predicted molar refractivity (Wildman–Crippen MR) is 105 cm³/mol. The Labute approximate surface area is 161 Å². The molecule has 27 heavy (non-hydrogen) atoms. The summed E-state index contributed by atoms with van der Waals surface area (Å²) in [6.45, 7) is 4.16. The van der Waals surface area contributed by atoms with E-state index in [1.807, 2.05) is 25.1 Å². The molecule has 5 aliphatic rings. The third-order valence-corrected chi connectivity index (χ3v) is 7.97. The smallest absolute Gasteiger partial charge is 0.316 e. The zero-order valence-electron chi connectivity index (χ0n) is 16.4. The maximum atomic E-state index is 13.0. The standard InChI is InChI=1S/C23H30N2O2/c1-14-7-19-5-3-4-6-20(19)25(14)22(27)21(26)24-15(2)23-11-16-8-17(12-23)10-18(9-16)13-23/h3-6,14-18H,7-13H2,1-2H3,(H,24,26). The highest BCUT2D eigenvalue weighted by atomic mass is 16.2. The Kier molecular flexibility index (Phi) is 3.89. The molecule has 1 aromatic carbocycles. The average molecular weight is 367 g/mol. The highest BCUT2D eigenvalue weighted by Crippen LogP contribution is 2.61. The largest absolute Gasteiger partial charge is 0.345 e. The van der Waals surface area contributed by atoms with Crippen LogP contribution in [-0.4, -0.2) is 23.9 Å². The third kappa shape index (κ3) is 2.71. The molecule has 1 N–H and O–H groups in total. The lowest BCUT2D eigenvalue weighted by atomic mass is 9.48. The quantitative estimate of drug-likeness (QED) is 0.812. The number of carbonyl (C=O) groups excluding carboxylic acids is 2. The number of rotatable bonds is 2. The predicted octanol–water partition coefficient (Wildman–Crippen LogP) is 3.69. The van der Waals surface area contributed by atoms with Gasteiger partial charge in [-0.15, -0.1) is 0 Å². The number of nitrogens with zero attached hydrogens (tertiary/aromatic N) is 1. The minimum Gasteiger partial charge on any atom is -0.345 e. The minimum atomic E-state index is -0.429. The topological polar surface area (TPSA) is 49.4 Å². The van der Waals surface area contributed by atoms with Crippen LogP contribution >= 0.6 is 0 Å². The van der Waals surface area contributed by atoms with E-state index in [0.717, 1.165) is 35.4 Å². The Morgan fingerprint density at radius 3 is 2.30 bits per heavy atom. The zero-order chi connectivity index (χ0) is 18.8. The molecule has 4 nitrogen and oxygen atoms in total. The van der Waals surface area contributed by atoms with Crippen molar-refractivity contribution in [2.75, 3.05) is 4.90 Å². The fourth-order valence-electron chi connectivity index (χ4n) is 7.10. The lowest BCUT2D eigenvalue weighted by molar-refractivity contribution is -0.140. The van der Waals surface area contributed by atoms with Crippen molar-refractivity contribution >= 4 is 17.5 Å². The van der Waals surface area contributed by atoms with E-state index >= 15 is 0 Å². The minimum absolute atomic E-state index is 0.0375. The number of amides is 2. The van der Waals surface area contributed by atoms with Crippen molar-refractivity contribution in [3.8, 4) is 0 Å². The van der Waals surface area contributed by atoms with E-state index in [1.165, 1.54) is 38.5 Å². The molecule has 0 saturated heterocycles. The van der Waals surface area contributed by atoms with Crippen LogP contribution in [0.5, 0.6) is 0 Å². The van der Waals surface area contributed by atoms with Gasteiger partial charge >= 0.3 is 11.8 Å². The van der Waals surface area contributed by atoms with E-state index in [-0.39, 0.29) is 17.5 Å². The Hall–Kier alpha value is -1.84. The van der Waals surface area contributed by atoms with Gasteiger partial charge in [0.2, 0.25) is 0 Å². The molecular formula is C23H30N2O2. The molecule has 4 bridgehead atoms. The van der Waals surface area contributed by atoms with Crippen molar-refractivity contribution in [3.05, 3.63) is 29.8 Å². The SMILES string of the molecule is CC1Cc2ccccc2N1C(=O)C(=O)NC(C)C12CC3CC(CC(C3)C1)C2. The monoisotopic (exact) mass is 366 g/mol. The van der Waals surface area contributed by atoms with Gasteiger partial charge in [-0.1, -0.05) is 18.2 Å². The number of hydrogen-bond donors (Lipinski definition) is 1. The molecule has 0 radical (unpaired) electrons. The van der Waals surface area contributed by atoms with Gasteiger partial charge in [0.1, 0.15) is 0 Å². The van der Waals surface area contributed by atoms with E-state index in [0.29, 0.717) is 0 Å². The Morgan fingerprint density at radius 2 is 1.67 bits per heavy atom. The fourth-order valence-corrected chi connectivity index (χ4v) is 7.10. The van der Waals surface area contributed by atoms with Crippen LogP contribution in [0.4, 0.5) is 5.69 Å². The lowest BCUT2D eigenvalue weighted by Crippen LogP contribution is -2.58. The van der Waals surface area contributed by atoms with Crippen LogP contribution in [0.3, 0.4) is 0 Å². The van der Waals surface area contributed by atoms with Gasteiger partial charge in [-0.05, 0) is 93.6 Å². The molecule has 2 atom stereocenters. The van der Waals surface area contributed by atoms with Crippen LogP contribution in [0.2, 0.25) is 0 Å².